The summed E-state index contributed by atoms with van der Waals surface area (Å²) in [5, 5.41) is 3.01. The molecule has 1 saturated carbocycles. The zero-order chi connectivity index (χ0) is 14.5. The van der Waals surface area contributed by atoms with Crippen LogP contribution in [0.1, 0.15) is 40.0 Å². The van der Waals surface area contributed by atoms with Crippen molar-refractivity contribution < 1.29 is 9.53 Å². The van der Waals surface area contributed by atoms with Crippen LogP contribution in [0.5, 0.6) is 0 Å². The number of rotatable bonds is 6. The molecule has 1 aliphatic carbocycles. The second-order valence-electron chi connectivity index (χ2n) is 6.09. The molecule has 0 spiro atoms. The molecule has 1 fully saturated rings. The van der Waals surface area contributed by atoms with Gasteiger partial charge in [0.2, 0.25) is 5.91 Å². The van der Waals surface area contributed by atoms with Gasteiger partial charge in [-0.1, -0.05) is 27.4 Å². The summed E-state index contributed by atoms with van der Waals surface area (Å²) in [5.74, 6) is 0.575. The average molecular weight is 268 g/mol. The molecular weight excluding hydrogens is 240 g/mol. The molecule has 0 aliphatic heterocycles. The second-order valence-corrected chi connectivity index (χ2v) is 6.09. The highest BCUT2D eigenvalue weighted by atomic mass is 16.5. The topological polar surface area (TPSA) is 64.3 Å². The molecule has 0 heterocycles. The first kappa shape index (κ1) is 16.0. The zero-order valence-corrected chi connectivity index (χ0v) is 12.4. The summed E-state index contributed by atoms with van der Waals surface area (Å²) in [6, 6.07) is 0.208. The predicted molar refractivity (Wildman–Crippen MR) is 77.4 cm³/mol. The minimum atomic E-state index is -0.0423. The summed E-state index contributed by atoms with van der Waals surface area (Å²) in [5.41, 5.74) is 6.07. The van der Waals surface area contributed by atoms with Crippen LogP contribution in [0.4, 0.5) is 0 Å². The molecule has 4 nitrogen and oxygen atoms in total. The maximum Gasteiger partial charge on any atom is 0.223 e. The first-order valence-electron chi connectivity index (χ1n) is 7.17. The van der Waals surface area contributed by atoms with Gasteiger partial charge in [-0.05, 0) is 30.6 Å². The minimum Gasteiger partial charge on any atom is -0.502 e. The number of carbonyl (C=O) groups excluding carboxylic acids is 1. The molecule has 0 bridgehead atoms. The molecule has 110 valence electrons. The smallest absolute Gasteiger partial charge is 0.223 e. The van der Waals surface area contributed by atoms with Gasteiger partial charge >= 0.3 is 0 Å². The van der Waals surface area contributed by atoms with E-state index in [4.69, 9.17) is 10.5 Å². The maximum absolute atomic E-state index is 12.3. The normalized spacial score (nSPS) is 29.6. The predicted octanol–water partition coefficient (Wildman–Crippen LogP) is 2.05. The Hall–Kier alpha value is -1.03. The summed E-state index contributed by atoms with van der Waals surface area (Å²) in [7, 11) is 0. The van der Waals surface area contributed by atoms with Gasteiger partial charge in [0.25, 0.3) is 0 Å². The Morgan fingerprint density at radius 2 is 2.21 bits per heavy atom. The number of carbonyl (C=O) groups is 1. The average Bonchev–Trinajstić information content (AvgIpc) is 2.35. The Kier molecular flexibility index (Phi) is 5.85. The lowest BCUT2D eigenvalue weighted by Gasteiger charge is -2.46. The molecule has 1 aliphatic rings. The van der Waals surface area contributed by atoms with E-state index in [1.54, 1.807) is 0 Å². The summed E-state index contributed by atoms with van der Waals surface area (Å²) in [6.07, 6.45) is 4.05. The molecule has 3 atom stereocenters. The van der Waals surface area contributed by atoms with E-state index in [1.165, 1.54) is 6.26 Å². The fourth-order valence-corrected chi connectivity index (χ4v) is 2.89. The summed E-state index contributed by atoms with van der Waals surface area (Å²) >= 11 is 0. The Bertz CT molecular complexity index is 315. The molecule has 3 N–H and O–H groups in total. The highest BCUT2D eigenvalue weighted by Gasteiger charge is 2.44. The Morgan fingerprint density at radius 1 is 1.53 bits per heavy atom. The third kappa shape index (κ3) is 3.96. The van der Waals surface area contributed by atoms with Crippen molar-refractivity contribution in [2.75, 3.05) is 13.2 Å². The third-order valence-electron chi connectivity index (χ3n) is 4.68. The van der Waals surface area contributed by atoms with Crippen molar-refractivity contribution in [3.8, 4) is 0 Å². The first-order valence-corrected chi connectivity index (χ1v) is 7.17. The minimum absolute atomic E-state index is 0.0423. The van der Waals surface area contributed by atoms with Crippen molar-refractivity contribution in [2.24, 2.45) is 23.0 Å². The standard InChI is InChI=1S/C15H28N2O2/c1-5-19-10-6-9-17-14(18)12-7-8-13(16)11(2)15(12,3)4/h5,11-13H,1,6-10,16H2,2-4H3,(H,17,18). The van der Waals surface area contributed by atoms with Crippen LogP contribution in [0.2, 0.25) is 0 Å². The van der Waals surface area contributed by atoms with E-state index >= 15 is 0 Å². The lowest BCUT2D eigenvalue weighted by Crippen LogP contribution is -2.51. The molecular formula is C15H28N2O2. The molecule has 0 aromatic rings. The van der Waals surface area contributed by atoms with Gasteiger partial charge in [0.1, 0.15) is 0 Å². The van der Waals surface area contributed by atoms with E-state index in [0.29, 0.717) is 19.1 Å². The van der Waals surface area contributed by atoms with Crippen LogP contribution in [-0.4, -0.2) is 25.1 Å². The molecule has 4 heteroatoms. The number of nitrogens with one attached hydrogen (secondary N) is 1. The van der Waals surface area contributed by atoms with Crippen LogP contribution in [-0.2, 0) is 9.53 Å². The van der Waals surface area contributed by atoms with Gasteiger partial charge in [-0.15, -0.1) is 0 Å². The van der Waals surface area contributed by atoms with Crippen LogP contribution in [0, 0.1) is 17.3 Å². The quantitative estimate of drug-likeness (QED) is 0.572. The first-order chi connectivity index (χ1) is 8.91. The van der Waals surface area contributed by atoms with Crippen LogP contribution in [0.3, 0.4) is 0 Å². The number of hydrogen-bond acceptors (Lipinski definition) is 3. The number of hydrogen-bond donors (Lipinski definition) is 2. The lowest BCUT2D eigenvalue weighted by molar-refractivity contribution is -0.132. The molecule has 0 aromatic carbocycles. The van der Waals surface area contributed by atoms with Crippen molar-refractivity contribution in [1.82, 2.24) is 5.32 Å². The van der Waals surface area contributed by atoms with Crippen LogP contribution < -0.4 is 11.1 Å². The van der Waals surface area contributed by atoms with Gasteiger partial charge in [0.05, 0.1) is 12.9 Å². The molecule has 19 heavy (non-hydrogen) atoms. The number of ether oxygens (including phenoxy) is 1. The number of amides is 1. The Balaban J connectivity index is 2.45. The molecule has 3 unspecified atom stereocenters. The summed E-state index contributed by atoms with van der Waals surface area (Å²) in [4.78, 5) is 12.3. The van der Waals surface area contributed by atoms with Crippen LogP contribution in [0.15, 0.2) is 12.8 Å². The van der Waals surface area contributed by atoms with E-state index < -0.39 is 0 Å². The highest BCUT2D eigenvalue weighted by Crippen LogP contribution is 2.44. The second kappa shape index (κ2) is 6.94. The zero-order valence-electron chi connectivity index (χ0n) is 12.4. The van der Waals surface area contributed by atoms with Gasteiger partial charge < -0.3 is 15.8 Å². The van der Waals surface area contributed by atoms with E-state index in [0.717, 1.165) is 19.3 Å². The SMILES string of the molecule is C=COCCCNC(=O)C1CCC(N)C(C)C1(C)C. The lowest BCUT2D eigenvalue weighted by atomic mass is 9.61. The van der Waals surface area contributed by atoms with Crippen molar-refractivity contribution in [1.29, 1.82) is 0 Å². The van der Waals surface area contributed by atoms with Crippen molar-refractivity contribution >= 4 is 5.91 Å². The van der Waals surface area contributed by atoms with E-state index in [-0.39, 0.29) is 23.3 Å². The van der Waals surface area contributed by atoms with Crippen LogP contribution >= 0.6 is 0 Å². The van der Waals surface area contributed by atoms with Gasteiger partial charge in [0.15, 0.2) is 0 Å². The maximum atomic E-state index is 12.3. The molecule has 0 aromatic heterocycles. The Morgan fingerprint density at radius 3 is 2.84 bits per heavy atom. The van der Waals surface area contributed by atoms with Gasteiger partial charge in [-0.2, -0.15) is 0 Å². The summed E-state index contributed by atoms with van der Waals surface area (Å²) in [6.45, 7) is 11.2. The Labute approximate surface area is 116 Å². The van der Waals surface area contributed by atoms with Crippen molar-refractivity contribution in [3.63, 3.8) is 0 Å². The molecule has 0 saturated heterocycles. The fourth-order valence-electron chi connectivity index (χ4n) is 2.89. The van der Waals surface area contributed by atoms with Crippen LogP contribution in [0.25, 0.3) is 0 Å². The van der Waals surface area contributed by atoms with E-state index in [9.17, 15) is 4.79 Å². The van der Waals surface area contributed by atoms with Gasteiger partial charge in [-0.3, -0.25) is 4.79 Å². The summed E-state index contributed by atoms with van der Waals surface area (Å²) < 4.78 is 5.03. The third-order valence-corrected chi connectivity index (χ3v) is 4.68. The molecule has 1 rings (SSSR count). The van der Waals surface area contributed by atoms with E-state index in [1.807, 2.05) is 0 Å². The number of nitrogens with two attached hydrogens (primary N) is 1. The largest absolute Gasteiger partial charge is 0.502 e. The van der Waals surface area contributed by atoms with E-state index in [2.05, 4.69) is 32.7 Å². The monoisotopic (exact) mass is 268 g/mol. The highest BCUT2D eigenvalue weighted by molar-refractivity contribution is 5.79. The fraction of sp³-hybridized carbons (Fsp3) is 0.800. The molecule has 1 amide bonds. The van der Waals surface area contributed by atoms with Crippen molar-refractivity contribution in [2.45, 2.75) is 46.1 Å². The van der Waals surface area contributed by atoms with Gasteiger partial charge in [0, 0.05) is 18.5 Å². The molecule has 0 radical (unpaired) electrons. The van der Waals surface area contributed by atoms with Gasteiger partial charge in [-0.25, -0.2) is 0 Å². The van der Waals surface area contributed by atoms with Crippen molar-refractivity contribution in [3.05, 3.63) is 12.8 Å².